The minimum Gasteiger partial charge on any atom is -0.338 e. The van der Waals surface area contributed by atoms with Gasteiger partial charge in [-0.15, -0.1) is 0 Å². The first kappa shape index (κ1) is 28.3. The minimum absolute atomic E-state index is 0.0752. The number of aromatic nitrogens is 1. The number of anilines is 1. The fraction of sp³-hybridized carbons (Fsp3) is 0.500. The molecule has 0 bridgehead atoms. The molecule has 3 heterocycles. The molecule has 1 atom stereocenters. The van der Waals surface area contributed by atoms with Gasteiger partial charge in [0.05, 0.1) is 22.9 Å². The van der Waals surface area contributed by atoms with Crippen molar-refractivity contribution in [1.29, 1.82) is 0 Å². The van der Waals surface area contributed by atoms with Gasteiger partial charge in [0.2, 0.25) is 20.0 Å². The van der Waals surface area contributed by atoms with E-state index in [9.17, 15) is 43.6 Å². The normalized spacial score (nSPS) is 21.6. The average molecular weight is 617 g/mol. The van der Waals surface area contributed by atoms with Crippen LogP contribution >= 0.6 is 11.6 Å². The molecule has 9 nitrogen and oxygen atoms in total. The molecule has 1 amide bonds. The maximum Gasteiger partial charge on any atom is 0.277 e. The van der Waals surface area contributed by atoms with Crippen LogP contribution in [-0.4, -0.2) is 61.9 Å². The smallest absolute Gasteiger partial charge is 0.277 e. The maximum absolute atomic E-state index is 15.0. The van der Waals surface area contributed by atoms with Gasteiger partial charge in [0.15, 0.2) is 17.5 Å². The number of nitrogens with zero attached hydrogens (tertiary/aromatic N) is 2. The molecule has 2 aromatic rings. The number of hydrogen-bond donors (Lipinski definition) is 2. The van der Waals surface area contributed by atoms with E-state index in [1.807, 2.05) is 4.72 Å². The zero-order valence-electron chi connectivity index (χ0n) is 20.0. The Morgan fingerprint density at radius 1 is 1.03 bits per heavy atom. The summed E-state index contributed by atoms with van der Waals surface area (Å²) >= 11 is 6.31. The molecule has 2 aliphatic heterocycles. The van der Waals surface area contributed by atoms with Crippen molar-refractivity contribution >= 4 is 43.2 Å². The van der Waals surface area contributed by atoms with E-state index in [0.29, 0.717) is 35.7 Å². The lowest BCUT2D eigenvalue weighted by molar-refractivity contribution is -0.0654. The van der Waals surface area contributed by atoms with Gasteiger partial charge in [0.25, 0.3) is 11.8 Å². The van der Waals surface area contributed by atoms with Crippen LogP contribution in [0.25, 0.3) is 0 Å². The number of piperidine rings is 1. The summed E-state index contributed by atoms with van der Waals surface area (Å²) in [6.45, 7) is -1.34. The molecule has 1 saturated heterocycles. The van der Waals surface area contributed by atoms with Crippen molar-refractivity contribution in [2.75, 3.05) is 18.4 Å². The van der Waals surface area contributed by atoms with Crippen LogP contribution in [0.15, 0.2) is 17.0 Å². The van der Waals surface area contributed by atoms with Gasteiger partial charge < -0.3 is 9.88 Å². The van der Waals surface area contributed by atoms with E-state index in [1.54, 1.807) is 0 Å². The molecule has 0 radical (unpaired) electrons. The number of carbonyl (C=O) groups excluding carboxylic acids is 1. The quantitative estimate of drug-likeness (QED) is 0.366. The van der Waals surface area contributed by atoms with Gasteiger partial charge in [-0.2, -0.15) is 4.31 Å². The zero-order valence-corrected chi connectivity index (χ0v) is 22.4. The van der Waals surface area contributed by atoms with Crippen molar-refractivity contribution in [2.45, 2.75) is 60.8 Å². The first-order valence-electron chi connectivity index (χ1n) is 11.9. The number of fused-ring (bicyclic) bond motifs is 1. The van der Waals surface area contributed by atoms with Crippen LogP contribution in [0, 0.1) is 17.5 Å². The SMILES string of the molecule is O=C(Nc1cc(F)c(F)c(F)c1)c1c(Cl)c(S(=O)(=O)NC2CCN(S(=O)(=O)C3CC3)CC2(F)F)c2n1CCC2. The third-order valence-electron chi connectivity index (χ3n) is 6.95. The standard InChI is InChI=1S/C22H22ClF5N4O5S2/c23-17-19(21(33)29-11-8-13(24)18(26)14(25)9-11)32-6-1-2-15(32)20(17)38(34,35)30-16-5-7-31(10-22(16,27)28)39(36,37)12-3-4-12/h8-9,12,16,30H,1-7,10H2,(H,29,33). The molecule has 214 valence electrons. The number of sulfonamides is 2. The highest BCUT2D eigenvalue weighted by Crippen LogP contribution is 2.39. The first-order chi connectivity index (χ1) is 18.1. The number of halogens is 6. The highest BCUT2D eigenvalue weighted by Gasteiger charge is 2.52. The second-order valence-corrected chi connectivity index (χ2v) is 13.9. The predicted octanol–water partition coefficient (Wildman–Crippen LogP) is 3.24. The van der Waals surface area contributed by atoms with Crippen LogP contribution in [0.1, 0.15) is 41.9 Å². The van der Waals surface area contributed by atoms with Gasteiger partial charge in [0, 0.05) is 36.6 Å². The summed E-state index contributed by atoms with van der Waals surface area (Å²) in [5.41, 5.74) is -0.769. The van der Waals surface area contributed by atoms with Crippen LogP contribution in [-0.2, 0) is 33.0 Å². The fourth-order valence-electron chi connectivity index (χ4n) is 4.92. The molecule has 39 heavy (non-hydrogen) atoms. The Hall–Kier alpha value is -2.27. The van der Waals surface area contributed by atoms with Crippen LogP contribution < -0.4 is 10.0 Å². The van der Waals surface area contributed by atoms with E-state index in [-0.39, 0.29) is 30.9 Å². The molecule has 17 heteroatoms. The van der Waals surface area contributed by atoms with Crippen molar-refractivity contribution in [3.8, 4) is 0 Å². The van der Waals surface area contributed by atoms with Crippen molar-refractivity contribution < 1.29 is 43.6 Å². The highest BCUT2D eigenvalue weighted by atomic mass is 35.5. The van der Waals surface area contributed by atoms with Crippen molar-refractivity contribution in [3.05, 3.63) is 46.0 Å². The zero-order chi connectivity index (χ0) is 28.5. The summed E-state index contributed by atoms with van der Waals surface area (Å²) in [6.07, 6.45) is 0.806. The molecule has 1 saturated carbocycles. The highest BCUT2D eigenvalue weighted by molar-refractivity contribution is 7.90. The first-order valence-corrected chi connectivity index (χ1v) is 15.3. The minimum atomic E-state index is -4.75. The largest absolute Gasteiger partial charge is 0.338 e. The Labute approximate surface area is 225 Å². The summed E-state index contributed by atoms with van der Waals surface area (Å²) in [7, 11) is -8.64. The van der Waals surface area contributed by atoms with E-state index in [0.717, 1.165) is 0 Å². The van der Waals surface area contributed by atoms with Crippen molar-refractivity contribution in [3.63, 3.8) is 0 Å². The maximum atomic E-state index is 15.0. The second kappa shape index (κ2) is 9.68. The van der Waals surface area contributed by atoms with Gasteiger partial charge in [-0.05, 0) is 32.1 Å². The van der Waals surface area contributed by atoms with Gasteiger partial charge >= 0.3 is 0 Å². The Bertz CT molecular complexity index is 1550. The number of benzene rings is 1. The van der Waals surface area contributed by atoms with Crippen LogP contribution in [0.3, 0.4) is 0 Å². The third kappa shape index (κ3) is 5.05. The summed E-state index contributed by atoms with van der Waals surface area (Å²) in [6, 6.07) is -0.895. The van der Waals surface area contributed by atoms with Gasteiger partial charge in [-0.3, -0.25) is 4.79 Å². The van der Waals surface area contributed by atoms with Crippen LogP contribution in [0.2, 0.25) is 5.02 Å². The van der Waals surface area contributed by atoms with Gasteiger partial charge in [-0.25, -0.2) is 43.5 Å². The monoisotopic (exact) mass is 616 g/mol. The molecule has 3 aliphatic rings. The number of nitrogens with one attached hydrogen (secondary N) is 2. The fourth-order valence-corrected chi connectivity index (χ4v) is 9.02. The summed E-state index contributed by atoms with van der Waals surface area (Å²) in [4.78, 5) is 12.4. The molecule has 2 N–H and O–H groups in total. The van der Waals surface area contributed by atoms with Gasteiger partial charge in [0.1, 0.15) is 10.6 Å². The van der Waals surface area contributed by atoms with E-state index >= 15 is 0 Å². The predicted molar refractivity (Wildman–Crippen MR) is 129 cm³/mol. The van der Waals surface area contributed by atoms with E-state index in [2.05, 4.69) is 5.32 Å². The van der Waals surface area contributed by atoms with Crippen LogP contribution in [0.5, 0.6) is 0 Å². The van der Waals surface area contributed by atoms with Gasteiger partial charge in [-0.1, -0.05) is 11.6 Å². The molecule has 1 aliphatic carbocycles. The lowest BCUT2D eigenvalue weighted by Gasteiger charge is -2.37. The van der Waals surface area contributed by atoms with E-state index in [4.69, 9.17) is 11.6 Å². The lowest BCUT2D eigenvalue weighted by Crippen LogP contribution is -2.59. The van der Waals surface area contributed by atoms with Crippen molar-refractivity contribution in [2.24, 2.45) is 0 Å². The number of amides is 1. The van der Waals surface area contributed by atoms with E-state index < -0.39 is 89.2 Å². The second-order valence-electron chi connectivity index (χ2n) is 9.70. The summed E-state index contributed by atoms with van der Waals surface area (Å²) in [5, 5.41) is 0.856. The molecule has 2 fully saturated rings. The Kier molecular flexibility index (Phi) is 7.01. The Balaban J connectivity index is 1.41. The summed E-state index contributed by atoms with van der Waals surface area (Å²) in [5.74, 6) is -9.68. The summed E-state index contributed by atoms with van der Waals surface area (Å²) < 4.78 is 126. The molecular formula is C22H22ClF5N4O5S2. The molecule has 1 aromatic carbocycles. The number of alkyl halides is 2. The Morgan fingerprint density at radius 2 is 1.67 bits per heavy atom. The average Bonchev–Trinajstić information content (AvgIpc) is 3.53. The molecule has 1 unspecified atom stereocenters. The van der Waals surface area contributed by atoms with Crippen LogP contribution in [0.4, 0.5) is 27.6 Å². The third-order valence-corrected chi connectivity index (χ3v) is 11.4. The Morgan fingerprint density at radius 3 is 2.26 bits per heavy atom. The molecule has 0 spiro atoms. The molecule has 1 aromatic heterocycles. The lowest BCUT2D eigenvalue weighted by atomic mass is 10.0. The van der Waals surface area contributed by atoms with Crippen molar-refractivity contribution in [1.82, 2.24) is 13.6 Å². The number of carbonyl (C=O) groups is 1. The number of hydrogen-bond acceptors (Lipinski definition) is 5. The number of rotatable bonds is 7. The molecular weight excluding hydrogens is 595 g/mol. The topological polar surface area (TPSA) is 118 Å². The molecule has 5 rings (SSSR count). The van der Waals surface area contributed by atoms with E-state index in [1.165, 1.54) is 4.57 Å².